The van der Waals surface area contributed by atoms with Crippen LogP contribution in [0.5, 0.6) is 0 Å². The smallest absolute Gasteiger partial charge is 0.309 e. The molecule has 1 heterocycles. The van der Waals surface area contributed by atoms with E-state index in [0.717, 1.165) is 5.76 Å². The Morgan fingerprint density at radius 2 is 2.50 bits per heavy atom. The first-order chi connectivity index (χ1) is 6.74. The van der Waals surface area contributed by atoms with Gasteiger partial charge in [-0.05, 0) is 12.1 Å². The first kappa shape index (κ1) is 10.8. The lowest BCUT2D eigenvalue weighted by Crippen LogP contribution is -2.26. The fraction of sp³-hybridized carbons (Fsp3) is 0.500. The van der Waals surface area contributed by atoms with E-state index in [-0.39, 0.29) is 11.9 Å². The molecule has 0 fully saturated rings. The zero-order valence-corrected chi connectivity index (χ0v) is 8.45. The quantitative estimate of drug-likeness (QED) is 0.720. The standard InChI is InChI=1S/C10H15NO3/c1-8(10(12)13-2)6-11-7-9-4-3-5-14-9/h3-5,8,11H,6-7H2,1-2H3/t8-/m1/s1. The molecule has 4 nitrogen and oxygen atoms in total. The molecule has 0 saturated carbocycles. The van der Waals surface area contributed by atoms with Crippen LogP contribution in [0.15, 0.2) is 22.8 Å². The highest BCUT2D eigenvalue weighted by Gasteiger charge is 2.11. The van der Waals surface area contributed by atoms with Crippen LogP contribution in [0.2, 0.25) is 0 Å². The molecule has 78 valence electrons. The summed E-state index contributed by atoms with van der Waals surface area (Å²) in [7, 11) is 1.39. The molecule has 0 aliphatic rings. The van der Waals surface area contributed by atoms with E-state index < -0.39 is 0 Å². The lowest BCUT2D eigenvalue weighted by atomic mass is 10.2. The summed E-state index contributed by atoms with van der Waals surface area (Å²) < 4.78 is 9.72. The van der Waals surface area contributed by atoms with Crippen molar-refractivity contribution in [2.45, 2.75) is 13.5 Å². The summed E-state index contributed by atoms with van der Waals surface area (Å²) in [5.74, 6) is 0.536. The molecule has 1 rings (SSSR count). The minimum atomic E-state index is -0.197. The van der Waals surface area contributed by atoms with Gasteiger partial charge in [-0.25, -0.2) is 0 Å². The summed E-state index contributed by atoms with van der Waals surface area (Å²) >= 11 is 0. The van der Waals surface area contributed by atoms with Gasteiger partial charge < -0.3 is 14.5 Å². The van der Waals surface area contributed by atoms with E-state index >= 15 is 0 Å². The number of hydrogen-bond acceptors (Lipinski definition) is 4. The van der Waals surface area contributed by atoms with Crippen molar-refractivity contribution in [2.75, 3.05) is 13.7 Å². The second kappa shape index (κ2) is 5.44. The van der Waals surface area contributed by atoms with Gasteiger partial charge in [0.2, 0.25) is 0 Å². The Balaban J connectivity index is 2.18. The number of furan rings is 1. The molecule has 0 saturated heterocycles. The van der Waals surface area contributed by atoms with Gasteiger partial charge in [0.05, 0.1) is 25.8 Å². The fourth-order valence-electron chi connectivity index (χ4n) is 1.11. The highest BCUT2D eigenvalue weighted by molar-refractivity contribution is 5.71. The van der Waals surface area contributed by atoms with Gasteiger partial charge in [-0.1, -0.05) is 6.92 Å². The van der Waals surface area contributed by atoms with Crippen LogP contribution < -0.4 is 5.32 Å². The third-order valence-electron chi connectivity index (χ3n) is 1.93. The summed E-state index contributed by atoms with van der Waals surface area (Å²) in [4.78, 5) is 11.0. The molecule has 1 N–H and O–H groups in total. The number of esters is 1. The van der Waals surface area contributed by atoms with Crippen molar-refractivity contribution >= 4 is 5.97 Å². The average molecular weight is 197 g/mol. The van der Waals surface area contributed by atoms with Crippen molar-refractivity contribution in [2.24, 2.45) is 5.92 Å². The topological polar surface area (TPSA) is 51.5 Å². The third kappa shape index (κ3) is 3.22. The third-order valence-corrected chi connectivity index (χ3v) is 1.93. The summed E-state index contributed by atoms with van der Waals surface area (Å²) in [6, 6.07) is 3.72. The SMILES string of the molecule is COC(=O)[C@H](C)CNCc1ccco1. The van der Waals surface area contributed by atoms with Crippen LogP contribution in [0, 0.1) is 5.92 Å². The minimum absolute atomic E-state index is 0.130. The molecule has 0 aromatic carbocycles. The van der Waals surface area contributed by atoms with Crippen LogP contribution in [-0.4, -0.2) is 19.6 Å². The van der Waals surface area contributed by atoms with Crippen LogP contribution in [0.3, 0.4) is 0 Å². The highest BCUT2D eigenvalue weighted by atomic mass is 16.5. The number of methoxy groups -OCH3 is 1. The molecule has 4 heteroatoms. The molecule has 0 aliphatic carbocycles. The van der Waals surface area contributed by atoms with Crippen LogP contribution in [0.4, 0.5) is 0 Å². The van der Waals surface area contributed by atoms with Crippen molar-refractivity contribution in [1.82, 2.24) is 5.32 Å². The van der Waals surface area contributed by atoms with Crippen molar-refractivity contribution in [3.05, 3.63) is 24.2 Å². The maximum atomic E-state index is 11.0. The summed E-state index contributed by atoms with van der Waals surface area (Å²) in [6.45, 7) is 3.04. The normalized spacial score (nSPS) is 12.4. The Morgan fingerprint density at radius 3 is 3.07 bits per heavy atom. The van der Waals surface area contributed by atoms with Crippen LogP contribution in [-0.2, 0) is 16.1 Å². The second-order valence-corrected chi connectivity index (χ2v) is 3.13. The van der Waals surface area contributed by atoms with E-state index in [1.165, 1.54) is 7.11 Å². The van der Waals surface area contributed by atoms with Crippen LogP contribution >= 0.6 is 0 Å². The molecule has 14 heavy (non-hydrogen) atoms. The number of ether oxygens (including phenoxy) is 1. The number of nitrogens with one attached hydrogen (secondary N) is 1. The first-order valence-corrected chi connectivity index (χ1v) is 4.55. The molecule has 0 aliphatic heterocycles. The fourth-order valence-corrected chi connectivity index (χ4v) is 1.11. The molecule has 0 spiro atoms. The number of carbonyl (C=O) groups is 1. The van der Waals surface area contributed by atoms with Gasteiger partial charge in [-0.15, -0.1) is 0 Å². The summed E-state index contributed by atoms with van der Waals surface area (Å²) in [5, 5.41) is 3.11. The van der Waals surface area contributed by atoms with Gasteiger partial charge >= 0.3 is 5.97 Å². The molecule has 0 radical (unpaired) electrons. The largest absolute Gasteiger partial charge is 0.469 e. The zero-order valence-electron chi connectivity index (χ0n) is 8.45. The molecule has 0 unspecified atom stereocenters. The molecule has 1 aromatic rings. The van der Waals surface area contributed by atoms with E-state index in [4.69, 9.17) is 4.42 Å². The number of hydrogen-bond donors (Lipinski definition) is 1. The predicted octanol–water partition coefficient (Wildman–Crippen LogP) is 1.18. The molecule has 1 aromatic heterocycles. The maximum Gasteiger partial charge on any atom is 0.309 e. The van der Waals surface area contributed by atoms with Gasteiger partial charge in [0.1, 0.15) is 5.76 Å². The van der Waals surface area contributed by atoms with E-state index in [2.05, 4.69) is 10.1 Å². The highest BCUT2D eigenvalue weighted by Crippen LogP contribution is 2.00. The van der Waals surface area contributed by atoms with Crippen molar-refractivity contribution in [3.63, 3.8) is 0 Å². The molecular weight excluding hydrogens is 182 g/mol. The van der Waals surface area contributed by atoms with Gasteiger partial charge in [0.25, 0.3) is 0 Å². The number of carbonyl (C=O) groups excluding carboxylic acids is 1. The van der Waals surface area contributed by atoms with Gasteiger partial charge in [0, 0.05) is 6.54 Å². The monoisotopic (exact) mass is 197 g/mol. The lowest BCUT2D eigenvalue weighted by molar-refractivity contribution is -0.144. The maximum absolute atomic E-state index is 11.0. The second-order valence-electron chi connectivity index (χ2n) is 3.13. The molecule has 1 atom stereocenters. The number of rotatable bonds is 5. The zero-order chi connectivity index (χ0) is 10.4. The Labute approximate surface area is 83.2 Å². The first-order valence-electron chi connectivity index (χ1n) is 4.55. The van der Waals surface area contributed by atoms with Gasteiger partial charge in [-0.3, -0.25) is 4.79 Å². The Kier molecular flexibility index (Phi) is 4.19. The van der Waals surface area contributed by atoms with E-state index in [0.29, 0.717) is 13.1 Å². The summed E-state index contributed by atoms with van der Waals surface area (Å²) in [5.41, 5.74) is 0. The molecular formula is C10H15NO3. The Hall–Kier alpha value is -1.29. The van der Waals surface area contributed by atoms with Crippen molar-refractivity contribution < 1.29 is 13.9 Å². The Bertz CT molecular complexity index is 269. The van der Waals surface area contributed by atoms with E-state index in [9.17, 15) is 4.79 Å². The van der Waals surface area contributed by atoms with Crippen LogP contribution in [0.25, 0.3) is 0 Å². The minimum Gasteiger partial charge on any atom is -0.469 e. The molecule has 0 amide bonds. The lowest BCUT2D eigenvalue weighted by Gasteiger charge is -2.08. The van der Waals surface area contributed by atoms with Gasteiger partial charge in [-0.2, -0.15) is 0 Å². The van der Waals surface area contributed by atoms with Gasteiger partial charge in [0.15, 0.2) is 0 Å². The van der Waals surface area contributed by atoms with E-state index in [1.54, 1.807) is 6.26 Å². The predicted molar refractivity (Wildman–Crippen MR) is 51.6 cm³/mol. The summed E-state index contributed by atoms with van der Waals surface area (Å²) in [6.07, 6.45) is 1.63. The average Bonchev–Trinajstić information content (AvgIpc) is 2.69. The Morgan fingerprint density at radius 1 is 1.71 bits per heavy atom. The van der Waals surface area contributed by atoms with E-state index in [1.807, 2.05) is 19.1 Å². The van der Waals surface area contributed by atoms with Crippen LogP contribution in [0.1, 0.15) is 12.7 Å². The van der Waals surface area contributed by atoms with Crippen molar-refractivity contribution in [3.8, 4) is 0 Å². The van der Waals surface area contributed by atoms with Crippen molar-refractivity contribution in [1.29, 1.82) is 0 Å². The molecule has 0 bridgehead atoms.